The molecule has 0 atom stereocenters. The first-order chi connectivity index (χ1) is 17.1. The van der Waals surface area contributed by atoms with Crippen LogP contribution in [0.25, 0.3) is 0 Å². The first-order valence-electron chi connectivity index (χ1n) is 11.5. The second-order valence-corrected chi connectivity index (χ2v) is 8.33. The van der Waals surface area contributed by atoms with Crippen molar-refractivity contribution in [1.82, 2.24) is 0 Å². The normalized spacial score (nSPS) is 12.7. The Morgan fingerprint density at radius 1 is 0.743 bits per heavy atom. The molecule has 0 aliphatic carbocycles. The van der Waals surface area contributed by atoms with Gasteiger partial charge in [0.25, 0.3) is 11.8 Å². The molecule has 0 fully saturated rings. The van der Waals surface area contributed by atoms with Crippen molar-refractivity contribution >= 4 is 23.5 Å². The number of nitrogens with zero attached hydrogens (tertiary/aromatic N) is 1. The van der Waals surface area contributed by atoms with Crippen LogP contribution in [0.2, 0.25) is 0 Å². The van der Waals surface area contributed by atoms with Crippen LogP contribution in [0, 0.1) is 0 Å². The Morgan fingerprint density at radius 3 is 1.89 bits per heavy atom. The van der Waals surface area contributed by atoms with E-state index in [1.54, 1.807) is 12.1 Å². The highest BCUT2D eigenvalue weighted by atomic mass is 16.5. The second-order valence-electron chi connectivity index (χ2n) is 8.33. The smallest absolute Gasteiger partial charge is 0.339 e. The maximum Gasteiger partial charge on any atom is 0.339 e. The highest BCUT2D eigenvalue weighted by Crippen LogP contribution is 2.31. The van der Waals surface area contributed by atoms with Crippen molar-refractivity contribution in [2.45, 2.75) is 19.4 Å². The molecule has 0 unspecified atom stereocenters. The van der Waals surface area contributed by atoms with Gasteiger partial charge in [-0.15, -0.1) is 0 Å². The third-order valence-electron chi connectivity index (χ3n) is 6.15. The molecule has 0 saturated heterocycles. The Kier molecular flexibility index (Phi) is 5.98. The zero-order valence-electron chi connectivity index (χ0n) is 19.2. The van der Waals surface area contributed by atoms with Gasteiger partial charge in [-0.25, -0.2) is 9.69 Å². The van der Waals surface area contributed by atoms with Gasteiger partial charge in [-0.3, -0.25) is 9.59 Å². The zero-order chi connectivity index (χ0) is 24.4. The number of fused-ring (bicyclic) bond motifs is 1. The van der Waals surface area contributed by atoms with E-state index in [-0.39, 0.29) is 16.7 Å². The van der Waals surface area contributed by atoms with Crippen molar-refractivity contribution in [2.24, 2.45) is 0 Å². The number of anilines is 1. The zero-order valence-corrected chi connectivity index (χ0v) is 19.2. The number of ether oxygens (including phenoxy) is 1. The molecule has 172 valence electrons. The van der Waals surface area contributed by atoms with Crippen LogP contribution in [-0.4, -0.2) is 17.8 Å². The van der Waals surface area contributed by atoms with Gasteiger partial charge in [-0.2, -0.15) is 0 Å². The molecule has 4 aromatic rings. The lowest BCUT2D eigenvalue weighted by atomic mass is 10.0. The minimum absolute atomic E-state index is 0.194. The molecule has 0 saturated carbocycles. The molecule has 5 rings (SSSR count). The summed E-state index contributed by atoms with van der Waals surface area (Å²) in [5, 5.41) is 0. The van der Waals surface area contributed by atoms with Gasteiger partial charge in [0.15, 0.2) is 6.10 Å². The van der Waals surface area contributed by atoms with E-state index in [4.69, 9.17) is 4.74 Å². The van der Waals surface area contributed by atoms with E-state index in [0.29, 0.717) is 5.69 Å². The van der Waals surface area contributed by atoms with E-state index in [0.717, 1.165) is 28.0 Å². The average Bonchev–Trinajstić information content (AvgIpc) is 3.17. The lowest BCUT2D eigenvalue weighted by molar-refractivity contribution is 0.0378. The van der Waals surface area contributed by atoms with Gasteiger partial charge in [-0.05, 0) is 53.4 Å². The quantitative estimate of drug-likeness (QED) is 0.261. The molecule has 0 N–H and O–H groups in total. The highest BCUT2D eigenvalue weighted by Gasteiger charge is 2.37. The summed E-state index contributed by atoms with van der Waals surface area (Å²) in [4.78, 5) is 40.5. The van der Waals surface area contributed by atoms with Crippen molar-refractivity contribution in [3.63, 3.8) is 0 Å². The van der Waals surface area contributed by atoms with E-state index in [1.165, 1.54) is 18.2 Å². The van der Waals surface area contributed by atoms with E-state index in [1.807, 2.05) is 79.7 Å². The summed E-state index contributed by atoms with van der Waals surface area (Å²) < 4.78 is 5.92. The molecular formula is C30H23NO4. The molecule has 0 aromatic heterocycles. The Labute approximate surface area is 203 Å². The lowest BCUT2D eigenvalue weighted by Gasteiger charge is -2.19. The van der Waals surface area contributed by atoms with E-state index >= 15 is 0 Å². The molecular weight excluding hydrogens is 438 g/mol. The van der Waals surface area contributed by atoms with Crippen LogP contribution >= 0.6 is 0 Å². The summed E-state index contributed by atoms with van der Waals surface area (Å²) in [6.07, 6.45) is 0.255. The van der Waals surface area contributed by atoms with Crippen LogP contribution in [0.3, 0.4) is 0 Å². The van der Waals surface area contributed by atoms with Crippen LogP contribution in [0.1, 0.15) is 60.8 Å². The topological polar surface area (TPSA) is 63.7 Å². The van der Waals surface area contributed by atoms with Crippen molar-refractivity contribution in [2.75, 3.05) is 4.90 Å². The van der Waals surface area contributed by atoms with Crippen LogP contribution in [0.15, 0.2) is 103 Å². The van der Waals surface area contributed by atoms with Gasteiger partial charge in [0.2, 0.25) is 0 Å². The fourth-order valence-electron chi connectivity index (χ4n) is 4.24. The minimum atomic E-state index is -0.607. The minimum Gasteiger partial charge on any atom is -0.449 e. The van der Waals surface area contributed by atoms with Crippen LogP contribution in [0.5, 0.6) is 0 Å². The third kappa shape index (κ3) is 4.24. The molecule has 1 heterocycles. The number of amides is 2. The van der Waals surface area contributed by atoms with Gasteiger partial charge in [0.05, 0.1) is 22.4 Å². The molecule has 0 radical (unpaired) electrons. The summed E-state index contributed by atoms with van der Waals surface area (Å²) in [5.74, 6) is -1.43. The molecule has 5 heteroatoms. The van der Waals surface area contributed by atoms with Gasteiger partial charge in [0.1, 0.15) is 0 Å². The number of hydrogen-bond donors (Lipinski definition) is 0. The number of benzene rings is 4. The van der Waals surface area contributed by atoms with Crippen molar-refractivity contribution in [3.8, 4) is 0 Å². The first kappa shape index (κ1) is 22.3. The standard InChI is InChI=1S/C30H23NO4/c1-2-20-13-16-24(17-14-20)31-28(32)25-18-15-23(19-26(25)29(31)33)30(34)35-27(21-9-5-3-6-10-21)22-11-7-4-8-12-22/h3-19,27H,2H2,1H3. The molecule has 0 spiro atoms. The molecule has 4 aromatic carbocycles. The Hall–Kier alpha value is -4.51. The predicted molar refractivity (Wildman–Crippen MR) is 134 cm³/mol. The number of imide groups is 1. The van der Waals surface area contributed by atoms with Crippen LogP contribution in [0.4, 0.5) is 5.69 Å². The summed E-state index contributed by atoms with van der Waals surface area (Å²) in [5.41, 5.74) is 3.97. The fraction of sp³-hybridized carbons (Fsp3) is 0.100. The van der Waals surface area contributed by atoms with Crippen LogP contribution < -0.4 is 4.90 Å². The summed E-state index contributed by atoms with van der Waals surface area (Å²) in [7, 11) is 0. The average molecular weight is 462 g/mol. The van der Waals surface area contributed by atoms with Crippen molar-refractivity contribution in [3.05, 3.63) is 137 Å². The number of hydrogen-bond acceptors (Lipinski definition) is 4. The molecule has 0 bridgehead atoms. The first-order valence-corrected chi connectivity index (χ1v) is 11.5. The molecule has 35 heavy (non-hydrogen) atoms. The van der Waals surface area contributed by atoms with Gasteiger partial charge < -0.3 is 4.74 Å². The number of carbonyl (C=O) groups excluding carboxylic acids is 3. The fourth-order valence-corrected chi connectivity index (χ4v) is 4.24. The number of aryl methyl sites for hydroxylation is 1. The van der Waals surface area contributed by atoms with Gasteiger partial charge in [-0.1, -0.05) is 79.7 Å². The third-order valence-corrected chi connectivity index (χ3v) is 6.15. The SMILES string of the molecule is CCc1ccc(N2C(=O)c3ccc(C(=O)OC(c4ccccc4)c4ccccc4)cc3C2=O)cc1. The Morgan fingerprint density at radius 2 is 1.31 bits per heavy atom. The van der Waals surface area contributed by atoms with E-state index in [9.17, 15) is 14.4 Å². The highest BCUT2D eigenvalue weighted by molar-refractivity contribution is 6.34. The van der Waals surface area contributed by atoms with Crippen LogP contribution in [-0.2, 0) is 11.2 Å². The molecule has 1 aliphatic rings. The largest absolute Gasteiger partial charge is 0.449 e. The van der Waals surface area contributed by atoms with Crippen molar-refractivity contribution in [1.29, 1.82) is 0 Å². The molecule has 2 amide bonds. The maximum absolute atomic E-state index is 13.2. The number of esters is 1. The number of rotatable bonds is 6. The Bertz CT molecular complexity index is 1360. The number of carbonyl (C=O) groups is 3. The van der Waals surface area contributed by atoms with Gasteiger partial charge >= 0.3 is 5.97 Å². The Balaban J connectivity index is 1.43. The monoisotopic (exact) mass is 461 g/mol. The van der Waals surface area contributed by atoms with Crippen molar-refractivity contribution < 1.29 is 19.1 Å². The predicted octanol–water partition coefficient (Wildman–Crippen LogP) is 6.00. The van der Waals surface area contributed by atoms with Gasteiger partial charge in [0, 0.05) is 0 Å². The van der Waals surface area contributed by atoms with E-state index in [2.05, 4.69) is 0 Å². The summed E-state index contributed by atoms with van der Waals surface area (Å²) >= 11 is 0. The molecule has 5 nitrogen and oxygen atoms in total. The summed E-state index contributed by atoms with van der Waals surface area (Å²) in [6.45, 7) is 2.04. The summed E-state index contributed by atoms with van der Waals surface area (Å²) in [6, 6.07) is 30.8. The van der Waals surface area contributed by atoms with E-state index < -0.39 is 23.9 Å². The second kappa shape index (κ2) is 9.39. The maximum atomic E-state index is 13.2. The molecule has 1 aliphatic heterocycles. The lowest BCUT2D eigenvalue weighted by Crippen LogP contribution is -2.29.